The fraction of sp³-hybridized carbons (Fsp3) is 0.688. The predicted octanol–water partition coefficient (Wildman–Crippen LogP) is 2.50. The summed E-state index contributed by atoms with van der Waals surface area (Å²) in [7, 11) is -3.91. The van der Waals surface area contributed by atoms with Gasteiger partial charge in [0.1, 0.15) is 0 Å². The van der Waals surface area contributed by atoms with Crippen molar-refractivity contribution in [2.24, 2.45) is 11.1 Å². The van der Waals surface area contributed by atoms with Crippen molar-refractivity contribution in [3.63, 3.8) is 0 Å². The molecule has 128 valence electrons. The molecule has 2 aliphatic rings. The number of hydrogen-bond acceptors (Lipinski definition) is 4. The molecule has 0 bridgehead atoms. The topological polar surface area (TPSA) is 93.6 Å². The average Bonchev–Trinajstić information content (AvgIpc) is 3.16. The molecule has 1 saturated carbocycles. The Morgan fingerprint density at radius 3 is 2.57 bits per heavy atom. The minimum atomic E-state index is -3.91. The van der Waals surface area contributed by atoms with E-state index in [1.807, 2.05) is 4.90 Å². The van der Waals surface area contributed by atoms with E-state index in [9.17, 15) is 13.2 Å². The summed E-state index contributed by atoms with van der Waals surface area (Å²) >= 11 is 0. The van der Waals surface area contributed by atoms with Gasteiger partial charge in [0, 0.05) is 12.6 Å². The summed E-state index contributed by atoms with van der Waals surface area (Å²) in [6.07, 6.45) is 9.49. The molecule has 3 rings (SSSR count). The van der Waals surface area contributed by atoms with Gasteiger partial charge in [-0.05, 0) is 37.3 Å². The van der Waals surface area contributed by atoms with Crippen LogP contribution in [0.2, 0.25) is 0 Å². The van der Waals surface area contributed by atoms with Crippen molar-refractivity contribution in [3.8, 4) is 0 Å². The monoisotopic (exact) mass is 340 g/mol. The van der Waals surface area contributed by atoms with Crippen LogP contribution in [0, 0.1) is 5.92 Å². The number of furan rings is 1. The molecule has 1 aliphatic heterocycles. The van der Waals surface area contributed by atoms with Crippen molar-refractivity contribution in [3.05, 3.63) is 17.9 Å². The van der Waals surface area contributed by atoms with E-state index in [1.165, 1.54) is 44.2 Å². The highest BCUT2D eigenvalue weighted by Gasteiger charge is 2.33. The van der Waals surface area contributed by atoms with Gasteiger partial charge in [-0.15, -0.1) is 0 Å². The lowest BCUT2D eigenvalue weighted by Gasteiger charge is -2.29. The molecule has 7 heteroatoms. The number of likely N-dealkylation sites (tertiary alicyclic amines) is 1. The average molecular weight is 340 g/mol. The molecule has 2 N–H and O–H groups in total. The zero-order chi connectivity index (χ0) is 16.4. The van der Waals surface area contributed by atoms with Crippen molar-refractivity contribution >= 4 is 15.9 Å². The van der Waals surface area contributed by atoms with Crippen molar-refractivity contribution in [1.82, 2.24) is 4.90 Å². The Morgan fingerprint density at radius 1 is 1.17 bits per heavy atom. The van der Waals surface area contributed by atoms with E-state index in [0.717, 1.165) is 19.3 Å². The number of nitrogens with zero attached hydrogens (tertiary/aromatic N) is 1. The summed E-state index contributed by atoms with van der Waals surface area (Å²) in [6, 6.07) is 2.89. The first-order chi connectivity index (χ1) is 10.9. The Labute approximate surface area is 137 Å². The van der Waals surface area contributed by atoms with E-state index < -0.39 is 10.0 Å². The SMILES string of the molecule is NS(=O)(=O)c1ccc(C(=O)N2CCC[C@H]2CC2CCCCC2)o1. The fourth-order valence-corrected chi connectivity index (χ4v) is 4.35. The Morgan fingerprint density at radius 2 is 1.91 bits per heavy atom. The van der Waals surface area contributed by atoms with Crippen LogP contribution in [0.25, 0.3) is 0 Å². The molecule has 1 saturated heterocycles. The third-order valence-corrected chi connectivity index (χ3v) is 5.82. The lowest BCUT2D eigenvalue weighted by molar-refractivity contribution is 0.0673. The van der Waals surface area contributed by atoms with Gasteiger partial charge in [-0.1, -0.05) is 32.1 Å². The van der Waals surface area contributed by atoms with Crippen LogP contribution in [0.1, 0.15) is 61.9 Å². The molecule has 1 aromatic heterocycles. The van der Waals surface area contributed by atoms with Crippen LogP contribution in [-0.4, -0.2) is 31.8 Å². The summed E-state index contributed by atoms with van der Waals surface area (Å²) in [4.78, 5) is 14.5. The first-order valence-electron chi connectivity index (χ1n) is 8.39. The maximum absolute atomic E-state index is 12.6. The third-order valence-electron chi connectivity index (χ3n) is 5.04. The first kappa shape index (κ1) is 16.5. The van der Waals surface area contributed by atoms with Gasteiger partial charge in [-0.25, -0.2) is 13.6 Å². The second-order valence-corrected chi connectivity index (χ2v) is 8.19. The van der Waals surface area contributed by atoms with Crippen LogP contribution in [-0.2, 0) is 10.0 Å². The van der Waals surface area contributed by atoms with Gasteiger partial charge >= 0.3 is 0 Å². The van der Waals surface area contributed by atoms with Crippen LogP contribution >= 0.6 is 0 Å². The molecule has 23 heavy (non-hydrogen) atoms. The normalized spacial score (nSPS) is 23.3. The van der Waals surface area contributed by atoms with Gasteiger partial charge in [0.25, 0.3) is 15.9 Å². The molecular formula is C16H24N2O4S. The van der Waals surface area contributed by atoms with E-state index in [1.54, 1.807) is 0 Å². The maximum atomic E-state index is 12.6. The van der Waals surface area contributed by atoms with Crippen LogP contribution in [0.4, 0.5) is 0 Å². The molecule has 1 aromatic rings. The van der Waals surface area contributed by atoms with Gasteiger partial charge in [0.05, 0.1) is 0 Å². The quantitative estimate of drug-likeness (QED) is 0.911. The van der Waals surface area contributed by atoms with Crippen molar-refractivity contribution in [2.75, 3.05) is 6.54 Å². The van der Waals surface area contributed by atoms with E-state index >= 15 is 0 Å². The van der Waals surface area contributed by atoms with Gasteiger partial charge in [-0.3, -0.25) is 4.79 Å². The lowest BCUT2D eigenvalue weighted by atomic mass is 9.84. The Balaban J connectivity index is 1.69. The van der Waals surface area contributed by atoms with Gasteiger partial charge in [0.2, 0.25) is 5.09 Å². The van der Waals surface area contributed by atoms with Gasteiger partial charge < -0.3 is 9.32 Å². The third kappa shape index (κ3) is 3.77. The zero-order valence-corrected chi connectivity index (χ0v) is 14.1. The minimum Gasteiger partial charge on any atom is -0.438 e. The van der Waals surface area contributed by atoms with Gasteiger partial charge in [0.15, 0.2) is 5.76 Å². The highest BCUT2D eigenvalue weighted by molar-refractivity contribution is 7.89. The zero-order valence-electron chi connectivity index (χ0n) is 13.2. The standard InChI is InChI=1S/C16H24N2O4S/c17-23(20,21)15-9-8-14(22-15)16(19)18-10-4-7-13(18)11-12-5-2-1-3-6-12/h8-9,12-13H,1-7,10-11H2,(H2,17,20,21)/t13-/m0/s1. The predicted molar refractivity (Wildman–Crippen MR) is 85.3 cm³/mol. The molecule has 1 atom stereocenters. The number of primary sulfonamides is 1. The van der Waals surface area contributed by atoms with E-state index in [0.29, 0.717) is 12.5 Å². The van der Waals surface area contributed by atoms with Crippen LogP contribution in [0.5, 0.6) is 0 Å². The summed E-state index contributed by atoms with van der Waals surface area (Å²) in [5.74, 6) is 0.543. The summed E-state index contributed by atoms with van der Waals surface area (Å²) in [5.41, 5.74) is 0. The van der Waals surface area contributed by atoms with Gasteiger partial charge in [-0.2, -0.15) is 0 Å². The highest BCUT2D eigenvalue weighted by Crippen LogP contribution is 2.32. The molecule has 2 fully saturated rings. The van der Waals surface area contributed by atoms with Crippen LogP contribution in [0.15, 0.2) is 21.6 Å². The highest BCUT2D eigenvalue weighted by atomic mass is 32.2. The molecule has 0 spiro atoms. The van der Waals surface area contributed by atoms with Crippen molar-refractivity contribution in [2.45, 2.75) is 62.5 Å². The maximum Gasteiger partial charge on any atom is 0.289 e. The molecular weight excluding hydrogens is 316 g/mol. The number of sulfonamides is 1. The largest absolute Gasteiger partial charge is 0.438 e. The van der Waals surface area contributed by atoms with E-state index in [-0.39, 0.29) is 22.8 Å². The first-order valence-corrected chi connectivity index (χ1v) is 9.93. The molecule has 0 unspecified atom stereocenters. The number of amides is 1. The van der Waals surface area contributed by atoms with E-state index in [4.69, 9.17) is 9.56 Å². The van der Waals surface area contributed by atoms with E-state index in [2.05, 4.69) is 0 Å². The Bertz CT molecular complexity index is 661. The van der Waals surface area contributed by atoms with Crippen LogP contribution in [0.3, 0.4) is 0 Å². The smallest absolute Gasteiger partial charge is 0.289 e. The molecule has 0 radical (unpaired) electrons. The van der Waals surface area contributed by atoms with Crippen molar-refractivity contribution < 1.29 is 17.6 Å². The molecule has 1 amide bonds. The Kier molecular flexibility index (Phi) is 4.77. The molecule has 0 aromatic carbocycles. The fourth-order valence-electron chi connectivity index (χ4n) is 3.89. The summed E-state index contributed by atoms with van der Waals surface area (Å²) in [5, 5.41) is 4.67. The minimum absolute atomic E-state index is 0.0598. The number of nitrogens with two attached hydrogens (primary N) is 1. The summed E-state index contributed by atoms with van der Waals surface area (Å²) in [6.45, 7) is 0.710. The molecule has 1 aliphatic carbocycles. The summed E-state index contributed by atoms with van der Waals surface area (Å²) < 4.78 is 27.7. The van der Waals surface area contributed by atoms with Crippen LogP contribution < -0.4 is 5.14 Å². The second-order valence-electron chi connectivity index (χ2n) is 6.70. The number of hydrogen-bond donors (Lipinski definition) is 1. The number of carbonyl (C=O) groups excluding carboxylic acids is 1. The second kappa shape index (κ2) is 6.65. The lowest BCUT2D eigenvalue weighted by Crippen LogP contribution is -2.36. The van der Waals surface area contributed by atoms with Crippen molar-refractivity contribution in [1.29, 1.82) is 0 Å². The number of carbonyl (C=O) groups is 1. The molecule has 2 heterocycles. The number of rotatable bonds is 4. The molecule has 6 nitrogen and oxygen atoms in total. The Hall–Kier alpha value is -1.34.